The van der Waals surface area contributed by atoms with Crippen molar-refractivity contribution in [2.75, 3.05) is 0 Å². The molecule has 0 radical (unpaired) electrons. The summed E-state index contributed by atoms with van der Waals surface area (Å²) in [4.78, 5) is 11.1. The molecule has 0 bridgehead atoms. The second-order valence-corrected chi connectivity index (χ2v) is 11.7. The summed E-state index contributed by atoms with van der Waals surface area (Å²) in [6.45, 7) is 9.31. The fourth-order valence-corrected chi connectivity index (χ4v) is 8.19. The SMILES string of the molecule is CC(CCC[C@@H](C)C(=O)O)[C@H]1CCC2C3C=CC4=CC(O)CC[C@]4(C)C3CC[C@@]21C. The van der Waals surface area contributed by atoms with Gasteiger partial charge < -0.3 is 10.2 Å². The monoisotopic (exact) mass is 414 g/mol. The van der Waals surface area contributed by atoms with Crippen molar-refractivity contribution < 1.29 is 15.0 Å². The number of aliphatic hydroxyl groups is 1. The first-order valence-electron chi connectivity index (χ1n) is 12.5. The Balaban J connectivity index is 1.47. The molecule has 4 aliphatic rings. The molecule has 0 saturated heterocycles. The van der Waals surface area contributed by atoms with Crippen LogP contribution in [0.15, 0.2) is 23.8 Å². The first-order valence-corrected chi connectivity index (χ1v) is 12.5. The Kier molecular flexibility index (Phi) is 5.98. The van der Waals surface area contributed by atoms with Crippen LogP contribution in [0.4, 0.5) is 0 Å². The van der Waals surface area contributed by atoms with Crippen molar-refractivity contribution >= 4 is 5.97 Å². The molecule has 2 saturated carbocycles. The summed E-state index contributed by atoms with van der Waals surface area (Å²) in [6.07, 6.45) is 17.1. The molecular formula is C27H42O3. The van der Waals surface area contributed by atoms with E-state index in [-0.39, 0.29) is 17.4 Å². The van der Waals surface area contributed by atoms with Crippen molar-refractivity contribution in [3.05, 3.63) is 23.8 Å². The van der Waals surface area contributed by atoms with Crippen molar-refractivity contribution in [2.24, 2.45) is 46.3 Å². The Labute approximate surface area is 183 Å². The summed E-state index contributed by atoms with van der Waals surface area (Å²) >= 11 is 0. The van der Waals surface area contributed by atoms with Crippen LogP contribution >= 0.6 is 0 Å². The van der Waals surface area contributed by atoms with Crippen molar-refractivity contribution in [1.29, 1.82) is 0 Å². The van der Waals surface area contributed by atoms with Crippen molar-refractivity contribution in [2.45, 2.75) is 91.6 Å². The Morgan fingerprint density at radius 3 is 2.60 bits per heavy atom. The molecule has 0 amide bonds. The summed E-state index contributed by atoms with van der Waals surface area (Å²) < 4.78 is 0. The molecule has 30 heavy (non-hydrogen) atoms. The number of carbonyl (C=O) groups is 1. The van der Waals surface area contributed by atoms with Crippen molar-refractivity contribution in [3.63, 3.8) is 0 Å². The highest BCUT2D eigenvalue weighted by atomic mass is 16.4. The second kappa shape index (κ2) is 8.11. The van der Waals surface area contributed by atoms with Gasteiger partial charge in [-0.2, -0.15) is 0 Å². The Hall–Kier alpha value is -1.09. The van der Waals surface area contributed by atoms with Crippen LogP contribution in [0.3, 0.4) is 0 Å². The van der Waals surface area contributed by atoms with Gasteiger partial charge in [0.15, 0.2) is 0 Å². The van der Waals surface area contributed by atoms with E-state index in [0.29, 0.717) is 17.3 Å². The molecule has 0 spiro atoms. The van der Waals surface area contributed by atoms with E-state index in [9.17, 15) is 9.90 Å². The first kappa shape index (κ1) is 22.1. The number of allylic oxidation sites excluding steroid dienone is 3. The zero-order valence-electron chi connectivity index (χ0n) is 19.4. The van der Waals surface area contributed by atoms with Gasteiger partial charge in [-0.15, -0.1) is 0 Å². The lowest BCUT2D eigenvalue weighted by molar-refractivity contribution is -0.141. The minimum absolute atomic E-state index is 0.219. The van der Waals surface area contributed by atoms with Crippen LogP contribution in [-0.2, 0) is 4.79 Å². The standard InChI is InChI=1S/C27H42O3/c1-17(6-5-7-18(2)25(29)30)22-10-11-23-21-9-8-19-16-20(28)12-14-26(19,3)24(21)13-15-27(22,23)4/h8-9,16-18,20-24,28H,5-7,10-15H2,1-4H3,(H,29,30)/t17?,18-,20?,21?,22-,23?,24?,26+,27-/m1/s1. The maximum atomic E-state index is 11.1. The Morgan fingerprint density at radius 1 is 1.10 bits per heavy atom. The maximum Gasteiger partial charge on any atom is 0.306 e. The van der Waals surface area contributed by atoms with E-state index in [4.69, 9.17) is 5.11 Å². The van der Waals surface area contributed by atoms with Crippen LogP contribution in [0.25, 0.3) is 0 Å². The predicted molar refractivity (Wildman–Crippen MR) is 121 cm³/mol. The second-order valence-electron chi connectivity index (χ2n) is 11.7. The van der Waals surface area contributed by atoms with E-state index in [1.165, 1.54) is 31.3 Å². The highest BCUT2D eigenvalue weighted by Gasteiger charge is 2.58. The number of carboxylic acids is 1. The molecule has 168 valence electrons. The van der Waals surface area contributed by atoms with Gasteiger partial charge in [0.2, 0.25) is 0 Å². The van der Waals surface area contributed by atoms with Crippen LogP contribution in [0.2, 0.25) is 0 Å². The number of aliphatic hydroxyl groups excluding tert-OH is 1. The average molecular weight is 415 g/mol. The number of aliphatic carboxylic acids is 1. The van der Waals surface area contributed by atoms with Gasteiger partial charge in [0, 0.05) is 0 Å². The maximum absolute atomic E-state index is 11.1. The Morgan fingerprint density at radius 2 is 1.87 bits per heavy atom. The number of hydrogen-bond acceptors (Lipinski definition) is 2. The minimum atomic E-state index is -0.657. The zero-order chi connectivity index (χ0) is 21.7. The fraction of sp³-hybridized carbons (Fsp3) is 0.815. The lowest BCUT2D eigenvalue weighted by atomic mass is 9.48. The van der Waals surface area contributed by atoms with Gasteiger partial charge in [-0.1, -0.05) is 58.8 Å². The van der Waals surface area contributed by atoms with Crippen LogP contribution < -0.4 is 0 Å². The Bertz CT molecular complexity index is 724. The van der Waals surface area contributed by atoms with E-state index in [2.05, 4.69) is 39.0 Å². The van der Waals surface area contributed by atoms with Gasteiger partial charge in [-0.25, -0.2) is 0 Å². The highest BCUT2D eigenvalue weighted by molar-refractivity contribution is 5.69. The third-order valence-electron chi connectivity index (χ3n) is 10.1. The molecule has 2 fully saturated rings. The van der Waals surface area contributed by atoms with E-state index >= 15 is 0 Å². The van der Waals surface area contributed by atoms with Gasteiger partial charge in [0.05, 0.1) is 12.0 Å². The normalized spacial score (nSPS) is 44.4. The zero-order valence-corrected chi connectivity index (χ0v) is 19.4. The molecule has 0 aromatic heterocycles. The number of carboxylic acid groups (broad SMARTS) is 1. The molecule has 0 aromatic carbocycles. The van der Waals surface area contributed by atoms with E-state index in [1.54, 1.807) is 0 Å². The molecule has 2 N–H and O–H groups in total. The van der Waals surface area contributed by atoms with Gasteiger partial charge in [0.1, 0.15) is 0 Å². The fourth-order valence-electron chi connectivity index (χ4n) is 8.19. The summed E-state index contributed by atoms with van der Waals surface area (Å²) in [5, 5.41) is 19.3. The quantitative estimate of drug-likeness (QED) is 0.542. The van der Waals surface area contributed by atoms with Gasteiger partial charge >= 0.3 is 5.97 Å². The molecule has 0 aromatic rings. The van der Waals surface area contributed by atoms with E-state index < -0.39 is 5.97 Å². The van der Waals surface area contributed by atoms with Gasteiger partial charge in [0.25, 0.3) is 0 Å². The lowest BCUT2D eigenvalue weighted by Gasteiger charge is -2.57. The third kappa shape index (κ3) is 3.59. The minimum Gasteiger partial charge on any atom is -0.481 e. The smallest absolute Gasteiger partial charge is 0.306 e. The molecule has 9 atom stereocenters. The van der Waals surface area contributed by atoms with Crippen LogP contribution in [-0.4, -0.2) is 22.3 Å². The van der Waals surface area contributed by atoms with Crippen LogP contribution in [0.1, 0.15) is 85.5 Å². The molecule has 5 unspecified atom stereocenters. The van der Waals surface area contributed by atoms with Crippen molar-refractivity contribution in [1.82, 2.24) is 0 Å². The third-order valence-corrected chi connectivity index (χ3v) is 10.1. The predicted octanol–water partition coefficient (Wildman–Crippen LogP) is 6.23. The number of fused-ring (bicyclic) bond motifs is 5. The molecule has 4 rings (SSSR count). The van der Waals surface area contributed by atoms with Gasteiger partial charge in [-0.05, 0) is 90.9 Å². The molecule has 4 aliphatic carbocycles. The molecule has 0 aliphatic heterocycles. The summed E-state index contributed by atoms with van der Waals surface area (Å²) in [5.74, 6) is 2.77. The summed E-state index contributed by atoms with van der Waals surface area (Å²) in [5.41, 5.74) is 2.06. The topological polar surface area (TPSA) is 57.5 Å². The summed E-state index contributed by atoms with van der Waals surface area (Å²) in [7, 11) is 0. The van der Waals surface area contributed by atoms with E-state index in [0.717, 1.165) is 49.9 Å². The largest absolute Gasteiger partial charge is 0.481 e. The molecule has 3 heteroatoms. The number of rotatable bonds is 6. The number of hydrogen-bond donors (Lipinski definition) is 2. The van der Waals surface area contributed by atoms with Crippen LogP contribution in [0, 0.1) is 46.3 Å². The van der Waals surface area contributed by atoms with Gasteiger partial charge in [-0.3, -0.25) is 4.79 Å². The first-order chi connectivity index (χ1) is 14.2. The van der Waals surface area contributed by atoms with E-state index in [1.807, 2.05) is 6.92 Å². The highest BCUT2D eigenvalue weighted by Crippen LogP contribution is 2.66. The molecular weight excluding hydrogens is 372 g/mol. The average Bonchev–Trinajstić information content (AvgIpc) is 3.05. The molecule has 0 heterocycles. The summed E-state index contributed by atoms with van der Waals surface area (Å²) in [6, 6.07) is 0. The lowest BCUT2D eigenvalue weighted by Crippen LogP contribution is -2.49. The van der Waals surface area contributed by atoms with Crippen molar-refractivity contribution in [3.8, 4) is 0 Å². The molecule has 3 nitrogen and oxygen atoms in total. The van der Waals surface area contributed by atoms with Crippen LogP contribution in [0.5, 0.6) is 0 Å².